The molecule has 4 nitrogen and oxygen atoms in total. The molecule has 3 rings (SSSR count). The molecule has 0 unspecified atom stereocenters. The summed E-state index contributed by atoms with van der Waals surface area (Å²) in [4.78, 5) is 16.6. The number of amides is 1. The van der Waals surface area contributed by atoms with Crippen LogP contribution in [0.4, 0.5) is 5.69 Å². The second kappa shape index (κ2) is 7.89. The van der Waals surface area contributed by atoms with Crippen molar-refractivity contribution in [2.75, 3.05) is 11.1 Å². The Kier molecular flexibility index (Phi) is 5.60. The summed E-state index contributed by atoms with van der Waals surface area (Å²) in [6, 6.07) is 14.0. The van der Waals surface area contributed by atoms with E-state index in [1.807, 2.05) is 61.0 Å². The lowest BCUT2D eigenvalue weighted by atomic mass is 10.1. The van der Waals surface area contributed by atoms with Crippen molar-refractivity contribution < 1.29 is 4.79 Å². The molecule has 0 atom stereocenters. The molecule has 0 aliphatic carbocycles. The van der Waals surface area contributed by atoms with Gasteiger partial charge in [-0.1, -0.05) is 45.4 Å². The lowest BCUT2D eigenvalue weighted by Gasteiger charge is -2.10. The number of carbonyl (C=O) groups excluding carboxylic acids is 1. The number of rotatable bonds is 5. The summed E-state index contributed by atoms with van der Waals surface area (Å²) in [5.74, 6) is 0.267. The van der Waals surface area contributed by atoms with Crippen molar-refractivity contribution in [1.29, 1.82) is 0 Å². The molecule has 6 heteroatoms. The van der Waals surface area contributed by atoms with Gasteiger partial charge in [0.15, 0.2) is 5.16 Å². The fourth-order valence-corrected chi connectivity index (χ4v) is 3.50. The second-order valence-electron chi connectivity index (χ2n) is 5.71. The Balaban J connectivity index is 1.65. The molecular weight excluding hydrogens is 398 g/mol. The molecule has 0 saturated carbocycles. The maximum Gasteiger partial charge on any atom is 0.234 e. The zero-order valence-corrected chi connectivity index (χ0v) is 16.4. The summed E-state index contributed by atoms with van der Waals surface area (Å²) in [5, 5.41) is 3.75. The number of hydrogen-bond donors (Lipinski definition) is 1. The van der Waals surface area contributed by atoms with Gasteiger partial charge in [-0.25, -0.2) is 4.98 Å². The zero-order chi connectivity index (χ0) is 17.8. The van der Waals surface area contributed by atoms with Gasteiger partial charge >= 0.3 is 0 Å². The third kappa shape index (κ3) is 4.52. The standard InChI is InChI=1S/C19H18BrN3OS/c1-13-3-8-17(14(2)11-13)22-18(24)12-25-19-21-9-10-23(19)16-6-4-15(20)5-7-16/h3-11H,12H2,1-2H3,(H,22,24). The maximum atomic E-state index is 12.3. The molecule has 1 heterocycles. The lowest BCUT2D eigenvalue weighted by molar-refractivity contribution is -0.113. The predicted molar refractivity (Wildman–Crippen MR) is 107 cm³/mol. The van der Waals surface area contributed by atoms with E-state index in [-0.39, 0.29) is 5.91 Å². The van der Waals surface area contributed by atoms with Crippen molar-refractivity contribution in [2.24, 2.45) is 0 Å². The van der Waals surface area contributed by atoms with Crippen LogP contribution >= 0.6 is 27.7 Å². The van der Waals surface area contributed by atoms with Gasteiger partial charge in [-0.15, -0.1) is 0 Å². The van der Waals surface area contributed by atoms with Crippen molar-refractivity contribution in [3.8, 4) is 5.69 Å². The zero-order valence-electron chi connectivity index (χ0n) is 14.0. The van der Waals surface area contributed by atoms with Crippen LogP contribution in [-0.4, -0.2) is 21.2 Å². The molecule has 1 N–H and O–H groups in total. The molecular formula is C19H18BrN3OS. The molecule has 1 amide bonds. The van der Waals surface area contributed by atoms with Crippen LogP contribution in [0.1, 0.15) is 11.1 Å². The van der Waals surface area contributed by atoms with Crippen LogP contribution in [0.15, 0.2) is 64.5 Å². The summed E-state index contributed by atoms with van der Waals surface area (Å²) < 4.78 is 3.00. The monoisotopic (exact) mass is 415 g/mol. The highest BCUT2D eigenvalue weighted by Gasteiger charge is 2.10. The van der Waals surface area contributed by atoms with E-state index in [0.717, 1.165) is 26.6 Å². The third-order valence-electron chi connectivity index (χ3n) is 3.70. The normalized spacial score (nSPS) is 10.7. The minimum atomic E-state index is -0.0395. The fraction of sp³-hybridized carbons (Fsp3) is 0.158. The van der Waals surface area contributed by atoms with E-state index in [1.54, 1.807) is 6.20 Å². The number of benzene rings is 2. The molecule has 0 fully saturated rings. The van der Waals surface area contributed by atoms with Gasteiger partial charge in [0, 0.05) is 28.2 Å². The van der Waals surface area contributed by atoms with Gasteiger partial charge in [0.05, 0.1) is 5.75 Å². The molecule has 0 aliphatic heterocycles. The number of imidazole rings is 1. The highest BCUT2D eigenvalue weighted by Crippen LogP contribution is 2.22. The van der Waals surface area contributed by atoms with E-state index in [1.165, 1.54) is 17.3 Å². The van der Waals surface area contributed by atoms with Gasteiger partial charge in [0.25, 0.3) is 0 Å². The van der Waals surface area contributed by atoms with Crippen LogP contribution in [0.3, 0.4) is 0 Å². The molecule has 3 aromatic rings. The fourth-order valence-electron chi connectivity index (χ4n) is 2.46. The average Bonchev–Trinajstić information content (AvgIpc) is 3.05. The Morgan fingerprint density at radius 2 is 1.96 bits per heavy atom. The first-order chi connectivity index (χ1) is 12.0. The topological polar surface area (TPSA) is 46.9 Å². The molecule has 25 heavy (non-hydrogen) atoms. The Labute approximate surface area is 159 Å². The highest BCUT2D eigenvalue weighted by molar-refractivity contribution is 9.10. The molecule has 0 saturated heterocycles. The molecule has 0 spiro atoms. The van der Waals surface area contributed by atoms with Crippen molar-refractivity contribution in [3.63, 3.8) is 0 Å². The minimum absolute atomic E-state index is 0.0395. The van der Waals surface area contributed by atoms with Gasteiger partial charge in [0.2, 0.25) is 5.91 Å². The first-order valence-electron chi connectivity index (χ1n) is 7.82. The molecule has 0 aliphatic rings. The van der Waals surface area contributed by atoms with Crippen LogP contribution in [0.5, 0.6) is 0 Å². The number of aryl methyl sites for hydroxylation is 2. The number of halogens is 1. The number of nitrogens with one attached hydrogen (secondary N) is 1. The van der Waals surface area contributed by atoms with E-state index in [2.05, 4.69) is 32.3 Å². The van der Waals surface area contributed by atoms with Crippen LogP contribution in [-0.2, 0) is 4.79 Å². The summed E-state index contributed by atoms with van der Waals surface area (Å²) in [6.45, 7) is 4.03. The Hall–Kier alpha value is -2.05. The van der Waals surface area contributed by atoms with Gasteiger partial charge in [-0.05, 0) is 49.7 Å². The van der Waals surface area contributed by atoms with Gasteiger partial charge in [-0.3, -0.25) is 9.36 Å². The number of anilines is 1. The van der Waals surface area contributed by atoms with Crippen LogP contribution in [0.25, 0.3) is 5.69 Å². The Bertz CT molecular complexity index is 890. The van der Waals surface area contributed by atoms with Crippen LogP contribution < -0.4 is 5.32 Å². The van der Waals surface area contributed by atoms with E-state index < -0.39 is 0 Å². The summed E-state index contributed by atoms with van der Waals surface area (Å²) in [7, 11) is 0. The Morgan fingerprint density at radius 3 is 2.68 bits per heavy atom. The van der Waals surface area contributed by atoms with Gasteiger partial charge < -0.3 is 5.32 Å². The quantitative estimate of drug-likeness (QED) is 0.597. The number of thioether (sulfide) groups is 1. The first kappa shape index (κ1) is 17.8. The van der Waals surface area contributed by atoms with Crippen molar-refractivity contribution in [1.82, 2.24) is 9.55 Å². The molecule has 2 aromatic carbocycles. The van der Waals surface area contributed by atoms with E-state index >= 15 is 0 Å². The number of nitrogens with zero attached hydrogens (tertiary/aromatic N) is 2. The summed E-state index contributed by atoms with van der Waals surface area (Å²) in [6.07, 6.45) is 3.64. The third-order valence-corrected chi connectivity index (χ3v) is 5.20. The molecule has 1 aromatic heterocycles. The SMILES string of the molecule is Cc1ccc(NC(=O)CSc2nccn2-c2ccc(Br)cc2)c(C)c1. The number of hydrogen-bond acceptors (Lipinski definition) is 3. The Morgan fingerprint density at radius 1 is 1.20 bits per heavy atom. The number of aromatic nitrogens is 2. The van der Waals surface area contributed by atoms with Crippen molar-refractivity contribution in [2.45, 2.75) is 19.0 Å². The van der Waals surface area contributed by atoms with Crippen molar-refractivity contribution in [3.05, 3.63) is 70.5 Å². The van der Waals surface area contributed by atoms with E-state index in [9.17, 15) is 4.79 Å². The minimum Gasteiger partial charge on any atom is -0.325 e. The highest BCUT2D eigenvalue weighted by atomic mass is 79.9. The lowest BCUT2D eigenvalue weighted by Crippen LogP contribution is -2.15. The molecule has 128 valence electrons. The largest absolute Gasteiger partial charge is 0.325 e. The van der Waals surface area contributed by atoms with Gasteiger partial charge in [0.1, 0.15) is 0 Å². The van der Waals surface area contributed by atoms with Crippen LogP contribution in [0.2, 0.25) is 0 Å². The van der Waals surface area contributed by atoms with Gasteiger partial charge in [-0.2, -0.15) is 0 Å². The summed E-state index contributed by atoms with van der Waals surface area (Å²) >= 11 is 4.85. The molecule has 0 radical (unpaired) electrons. The molecule has 0 bridgehead atoms. The van der Waals surface area contributed by atoms with Crippen LogP contribution in [0, 0.1) is 13.8 Å². The van der Waals surface area contributed by atoms with Crippen molar-refractivity contribution >= 4 is 39.3 Å². The number of carbonyl (C=O) groups is 1. The smallest absolute Gasteiger partial charge is 0.234 e. The summed E-state index contributed by atoms with van der Waals surface area (Å²) in [5.41, 5.74) is 4.11. The first-order valence-corrected chi connectivity index (χ1v) is 9.60. The van der Waals surface area contributed by atoms with E-state index in [0.29, 0.717) is 5.75 Å². The average molecular weight is 416 g/mol. The second-order valence-corrected chi connectivity index (χ2v) is 7.57. The maximum absolute atomic E-state index is 12.3. The predicted octanol–water partition coefficient (Wildman–Crippen LogP) is 4.98. The van der Waals surface area contributed by atoms with E-state index in [4.69, 9.17) is 0 Å².